The van der Waals surface area contributed by atoms with Gasteiger partial charge in [-0.1, -0.05) is 30.5 Å². The molecule has 0 bridgehead atoms. The number of halogens is 1. The van der Waals surface area contributed by atoms with Crippen LogP contribution in [0.4, 0.5) is 0 Å². The van der Waals surface area contributed by atoms with E-state index in [1.54, 1.807) is 12.1 Å². The number of carbonyl (C=O) groups excluding carboxylic acids is 1. The fourth-order valence-corrected chi connectivity index (χ4v) is 2.88. The summed E-state index contributed by atoms with van der Waals surface area (Å²) >= 11 is 6.10. The maximum atomic E-state index is 12.2. The summed E-state index contributed by atoms with van der Waals surface area (Å²) in [6, 6.07) is 4.78. The van der Waals surface area contributed by atoms with E-state index in [1.165, 1.54) is 13.2 Å². The van der Waals surface area contributed by atoms with Crippen molar-refractivity contribution < 1.29 is 18.4 Å². The molecule has 1 saturated carbocycles. The molecule has 0 aromatic heterocycles. The monoisotopic (exact) mass is 271 g/mol. The van der Waals surface area contributed by atoms with Gasteiger partial charge in [0.05, 0.1) is 28.7 Å². The molecule has 18 heavy (non-hydrogen) atoms. The van der Waals surface area contributed by atoms with Gasteiger partial charge in [-0.15, -0.1) is 0 Å². The van der Waals surface area contributed by atoms with Crippen molar-refractivity contribution in [3.63, 3.8) is 0 Å². The molecule has 0 heterocycles. The third kappa shape index (κ3) is 2.07. The topological polar surface area (TPSA) is 35.5 Å². The van der Waals surface area contributed by atoms with Gasteiger partial charge in [-0.25, -0.2) is 0 Å². The molecule has 3 nitrogen and oxygen atoms in total. The fourth-order valence-electron chi connectivity index (χ4n) is 2.67. The van der Waals surface area contributed by atoms with Crippen LogP contribution in [-0.2, 0) is 14.9 Å². The van der Waals surface area contributed by atoms with E-state index in [-0.39, 0.29) is 16.7 Å². The summed E-state index contributed by atoms with van der Waals surface area (Å²) in [5, 5.41) is 0.179. The number of esters is 1. The maximum Gasteiger partial charge on any atom is 0.316 e. The van der Waals surface area contributed by atoms with Crippen molar-refractivity contribution in [1.29, 1.82) is 0 Å². The molecular formula is C14H17ClO3. The number of ether oxygens (including phenoxy) is 2. The predicted octanol–water partition coefficient (Wildman–Crippen LogP) is 3.33. The zero-order valence-corrected chi connectivity index (χ0v) is 10.9. The molecule has 1 aliphatic carbocycles. The third-order valence-corrected chi connectivity index (χ3v) is 3.92. The van der Waals surface area contributed by atoms with Crippen LogP contribution < -0.4 is 4.74 Å². The van der Waals surface area contributed by atoms with E-state index in [0.29, 0.717) is 12.8 Å². The molecule has 4 heteroatoms. The first kappa shape index (κ1) is 9.68. The summed E-state index contributed by atoms with van der Waals surface area (Å²) in [7, 11) is -1.19. The zero-order valence-electron chi connectivity index (χ0n) is 13.2. The Morgan fingerprint density at radius 1 is 1.44 bits per heavy atom. The fraction of sp³-hybridized carbons (Fsp3) is 0.500. The number of hydrogen-bond donors (Lipinski definition) is 0. The Kier molecular flexibility index (Phi) is 2.79. The lowest BCUT2D eigenvalue weighted by atomic mass is 9.79. The summed E-state index contributed by atoms with van der Waals surface area (Å²) in [5.41, 5.74) is 0.0615. The Labute approximate surface area is 116 Å². The Morgan fingerprint density at radius 2 is 2.17 bits per heavy atom. The summed E-state index contributed by atoms with van der Waals surface area (Å²) in [4.78, 5) is 12.2. The lowest BCUT2D eigenvalue weighted by Crippen LogP contribution is -2.34. The van der Waals surface area contributed by atoms with Gasteiger partial charge in [0.15, 0.2) is 0 Å². The van der Waals surface area contributed by atoms with Crippen LogP contribution in [0.1, 0.15) is 35.4 Å². The van der Waals surface area contributed by atoms with Crippen LogP contribution in [0.3, 0.4) is 0 Å². The van der Waals surface area contributed by atoms with E-state index >= 15 is 0 Å². The average molecular weight is 272 g/mol. The lowest BCUT2D eigenvalue weighted by Gasteiger charge is -2.26. The minimum Gasteiger partial charge on any atom is -0.495 e. The molecule has 0 radical (unpaired) electrons. The molecule has 0 unspecified atom stereocenters. The van der Waals surface area contributed by atoms with Crippen LogP contribution in [0.25, 0.3) is 0 Å². The Hall–Kier alpha value is -1.22. The third-order valence-electron chi connectivity index (χ3n) is 3.63. The van der Waals surface area contributed by atoms with Gasteiger partial charge < -0.3 is 9.47 Å². The molecule has 0 amide bonds. The highest BCUT2D eigenvalue weighted by Gasteiger charge is 2.44. The number of rotatable bonds is 3. The van der Waals surface area contributed by atoms with E-state index in [4.69, 9.17) is 25.2 Å². The zero-order chi connectivity index (χ0) is 15.7. The van der Waals surface area contributed by atoms with Gasteiger partial charge in [-0.05, 0) is 30.5 Å². The number of benzene rings is 1. The van der Waals surface area contributed by atoms with Gasteiger partial charge in [-0.2, -0.15) is 0 Å². The van der Waals surface area contributed by atoms with Crippen molar-refractivity contribution in [2.24, 2.45) is 0 Å². The Balaban J connectivity index is 2.36. The molecule has 2 rings (SSSR count). The van der Waals surface area contributed by atoms with E-state index in [0.717, 1.165) is 18.4 Å². The molecule has 1 aromatic rings. The number of hydrogen-bond acceptors (Lipinski definition) is 3. The Bertz CT molecular complexity index is 537. The molecule has 1 fully saturated rings. The van der Waals surface area contributed by atoms with Crippen LogP contribution in [0.5, 0.6) is 5.75 Å². The highest BCUT2D eigenvalue weighted by molar-refractivity contribution is 6.32. The molecular weight excluding hydrogens is 252 g/mol. The van der Waals surface area contributed by atoms with Gasteiger partial charge in [0.1, 0.15) is 5.75 Å². The largest absolute Gasteiger partial charge is 0.495 e. The Morgan fingerprint density at radius 3 is 2.72 bits per heavy atom. The van der Waals surface area contributed by atoms with E-state index in [9.17, 15) is 4.79 Å². The standard InChI is InChI=1S/C14H17ClO3/c1-17-12-6-5-10(9-11(12)15)14(13(16)18-2)7-3-4-8-14/h5-6,9H,3-4,7-8H2,1-2H3/i1D3. The van der Waals surface area contributed by atoms with Crippen molar-refractivity contribution in [2.75, 3.05) is 14.1 Å². The van der Waals surface area contributed by atoms with E-state index in [2.05, 4.69) is 0 Å². The van der Waals surface area contributed by atoms with Crippen molar-refractivity contribution in [3.8, 4) is 5.75 Å². The molecule has 1 aromatic carbocycles. The molecule has 0 saturated heterocycles. The molecule has 98 valence electrons. The average Bonchev–Trinajstić information content (AvgIpc) is 2.89. The summed E-state index contributed by atoms with van der Waals surface area (Å²) in [6.07, 6.45) is 3.30. The smallest absolute Gasteiger partial charge is 0.316 e. The molecule has 1 aliphatic rings. The van der Waals surface area contributed by atoms with Crippen LogP contribution in [0.2, 0.25) is 5.02 Å². The first-order valence-corrected chi connectivity index (χ1v) is 6.24. The lowest BCUT2D eigenvalue weighted by molar-refractivity contribution is -0.147. The van der Waals surface area contributed by atoms with E-state index in [1.807, 2.05) is 0 Å². The van der Waals surface area contributed by atoms with Crippen LogP contribution in [0.15, 0.2) is 18.2 Å². The van der Waals surface area contributed by atoms with Gasteiger partial charge in [0.2, 0.25) is 0 Å². The van der Waals surface area contributed by atoms with Gasteiger partial charge in [0, 0.05) is 0 Å². The highest BCUT2D eigenvalue weighted by Crippen LogP contribution is 2.43. The van der Waals surface area contributed by atoms with Crippen molar-refractivity contribution in [1.82, 2.24) is 0 Å². The van der Waals surface area contributed by atoms with E-state index < -0.39 is 12.5 Å². The summed E-state index contributed by atoms with van der Waals surface area (Å²) in [6.45, 7) is 0. The van der Waals surface area contributed by atoms with Gasteiger partial charge >= 0.3 is 5.97 Å². The summed E-state index contributed by atoms with van der Waals surface area (Å²) < 4.78 is 31.1. The molecule has 0 aliphatic heterocycles. The van der Waals surface area contributed by atoms with Crippen molar-refractivity contribution >= 4 is 17.6 Å². The van der Waals surface area contributed by atoms with Crippen LogP contribution in [0, 0.1) is 0 Å². The minimum atomic E-state index is -2.56. The quantitative estimate of drug-likeness (QED) is 0.791. The first-order chi connectivity index (χ1) is 9.78. The highest BCUT2D eigenvalue weighted by atomic mass is 35.5. The van der Waals surface area contributed by atoms with Crippen molar-refractivity contribution in [2.45, 2.75) is 31.1 Å². The van der Waals surface area contributed by atoms with Crippen LogP contribution >= 0.6 is 11.6 Å². The first-order valence-electron chi connectivity index (χ1n) is 7.36. The molecule has 0 atom stereocenters. The predicted molar refractivity (Wildman–Crippen MR) is 70.2 cm³/mol. The van der Waals surface area contributed by atoms with Gasteiger partial charge in [-0.3, -0.25) is 4.79 Å². The second kappa shape index (κ2) is 5.19. The SMILES string of the molecule is [2H]C([2H])([2H])Oc1ccc(C2(C(=O)OC)CCCC2)cc1Cl. The number of carbonyl (C=O) groups is 1. The maximum absolute atomic E-state index is 12.2. The second-order valence-corrected chi connectivity index (χ2v) is 4.94. The molecule has 0 spiro atoms. The van der Waals surface area contributed by atoms with Gasteiger partial charge in [0.25, 0.3) is 0 Å². The molecule has 0 N–H and O–H groups in total. The minimum absolute atomic E-state index is 0.0819. The summed E-state index contributed by atoms with van der Waals surface area (Å²) in [5.74, 6) is -0.195. The number of methoxy groups -OCH3 is 2. The van der Waals surface area contributed by atoms with Crippen LogP contribution in [-0.4, -0.2) is 20.1 Å². The second-order valence-electron chi connectivity index (χ2n) is 4.53. The normalized spacial score (nSPS) is 20.7. The van der Waals surface area contributed by atoms with Crippen molar-refractivity contribution in [3.05, 3.63) is 28.8 Å².